The van der Waals surface area contributed by atoms with Gasteiger partial charge in [-0.05, 0) is 48.0 Å². The zero-order valence-corrected chi connectivity index (χ0v) is 9.41. The molecule has 3 heteroatoms. The number of rotatable bonds is 2. The van der Waals surface area contributed by atoms with E-state index in [0.29, 0.717) is 6.04 Å². The van der Waals surface area contributed by atoms with E-state index >= 15 is 0 Å². The van der Waals surface area contributed by atoms with Crippen LogP contribution in [0.5, 0.6) is 0 Å². The third-order valence-corrected chi connectivity index (χ3v) is 2.30. The maximum Gasteiger partial charge on any atom is 0.0501 e. The van der Waals surface area contributed by atoms with Gasteiger partial charge in [-0.1, -0.05) is 11.6 Å². The Labute approximate surface area is 86.2 Å². The molecule has 0 saturated heterocycles. The molecule has 0 aliphatic rings. The highest BCUT2D eigenvalue weighted by Gasteiger charge is 2.01. The van der Waals surface area contributed by atoms with Gasteiger partial charge in [-0.2, -0.15) is 0 Å². The SMILES string of the molecule is CC(C)Nc1cc(Cl)ccc1Br. The van der Waals surface area contributed by atoms with Crippen molar-refractivity contribution in [3.05, 3.63) is 27.7 Å². The number of benzene rings is 1. The Hall–Kier alpha value is -0.210. The van der Waals surface area contributed by atoms with Crippen LogP contribution in [0.2, 0.25) is 5.02 Å². The molecule has 0 aliphatic heterocycles. The summed E-state index contributed by atoms with van der Waals surface area (Å²) < 4.78 is 1.04. The van der Waals surface area contributed by atoms with E-state index in [9.17, 15) is 0 Å². The lowest BCUT2D eigenvalue weighted by Crippen LogP contribution is -2.09. The van der Waals surface area contributed by atoms with Crippen molar-refractivity contribution in [1.82, 2.24) is 0 Å². The molecule has 66 valence electrons. The minimum Gasteiger partial charge on any atom is -0.382 e. The van der Waals surface area contributed by atoms with E-state index < -0.39 is 0 Å². The van der Waals surface area contributed by atoms with E-state index in [1.54, 1.807) is 0 Å². The van der Waals surface area contributed by atoms with Gasteiger partial charge in [0.15, 0.2) is 0 Å². The van der Waals surface area contributed by atoms with Crippen LogP contribution in [0.3, 0.4) is 0 Å². The van der Waals surface area contributed by atoms with E-state index in [1.807, 2.05) is 18.2 Å². The molecule has 0 spiro atoms. The third-order valence-electron chi connectivity index (χ3n) is 1.37. The van der Waals surface area contributed by atoms with E-state index in [0.717, 1.165) is 15.2 Å². The lowest BCUT2D eigenvalue weighted by Gasteiger charge is -2.11. The maximum absolute atomic E-state index is 5.84. The normalized spacial score (nSPS) is 10.4. The molecule has 0 saturated carbocycles. The molecular weight excluding hydrogens is 237 g/mol. The minimum atomic E-state index is 0.416. The fraction of sp³-hybridized carbons (Fsp3) is 0.333. The van der Waals surface area contributed by atoms with Crippen molar-refractivity contribution in [2.24, 2.45) is 0 Å². The molecule has 0 heterocycles. The van der Waals surface area contributed by atoms with Gasteiger partial charge in [0.25, 0.3) is 0 Å². The average Bonchev–Trinajstić information content (AvgIpc) is 1.96. The number of hydrogen-bond donors (Lipinski definition) is 1. The summed E-state index contributed by atoms with van der Waals surface area (Å²) in [5, 5.41) is 4.03. The van der Waals surface area contributed by atoms with Crippen LogP contribution in [0.25, 0.3) is 0 Å². The summed E-state index contributed by atoms with van der Waals surface area (Å²) in [7, 11) is 0. The molecule has 0 amide bonds. The van der Waals surface area contributed by atoms with Crippen LogP contribution in [0.1, 0.15) is 13.8 Å². The highest BCUT2D eigenvalue weighted by atomic mass is 79.9. The van der Waals surface area contributed by atoms with Crippen LogP contribution in [0, 0.1) is 0 Å². The molecule has 0 atom stereocenters. The van der Waals surface area contributed by atoms with Crippen molar-refractivity contribution in [2.75, 3.05) is 5.32 Å². The summed E-state index contributed by atoms with van der Waals surface area (Å²) in [5.74, 6) is 0. The molecule has 0 radical (unpaired) electrons. The first-order valence-corrected chi connectivity index (χ1v) is 4.98. The van der Waals surface area contributed by atoms with E-state index in [-0.39, 0.29) is 0 Å². The van der Waals surface area contributed by atoms with Crippen LogP contribution < -0.4 is 5.32 Å². The lowest BCUT2D eigenvalue weighted by atomic mass is 10.3. The molecule has 1 rings (SSSR count). The molecule has 0 bridgehead atoms. The molecule has 0 unspecified atom stereocenters. The Morgan fingerprint density at radius 2 is 2.08 bits per heavy atom. The molecule has 12 heavy (non-hydrogen) atoms. The third kappa shape index (κ3) is 2.68. The number of nitrogens with one attached hydrogen (secondary N) is 1. The van der Waals surface area contributed by atoms with Crippen LogP contribution >= 0.6 is 27.5 Å². The van der Waals surface area contributed by atoms with Gasteiger partial charge in [0, 0.05) is 15.5 Å². The molecular formula is C9H11BrClN. The smallest absolute Gasteiger partial charge is 0.0501 e. The van der Waals surface area contributed by atoms with Gasteiger partial charge in [0.05, 0.1) is 5.69 Å². The first-order valence-electron chi connectivity index (χ1n) is 3.81. The second-order valence-corrected chi connectivity index (χ2v) is 4.21. The van der Waals surface area contributed by atoms with E-state index in [2.05, 4.69) is 35.1 Å². The average molecular weight is 249 g/mol. The molecule has 0 aromatic heterocycles. The van der Waals surface area contributed by atoms with Gasteiger partial charge < -0.3 is 5.32 Å². The fourth-order valence-corrected chi connectivity index (χ4v) is 1.45. The lowest BCUT2D eigenvalue weighted by molar-refractivity contribution is 0.898. The first kappa shape index (κ1) is 9.87. The van der Waals surface area contributed by atoms with Crippen LogP contribution in [0.15, 0.2) is 22.7 Å². The predicted octanol–water partition coefficient (Wildman–Crippen LogP) is 3.92. The second kappa shape index (κ2) is 4.15. The van der Waals surface area contributed by atoms with E-state index in [4.69, 9.17) is 11.6 Å². The summed E-state index contributed by atoms with van der Waals surface area (Å²) in [5.41, 5.74) is 1.04. The van der Waals surface area contributed by atoms with Gasteiger partial charge in [-0.25, -0.2) is 0 Å². The zero-order chi connectivity index (χ0) is 9.14. The Balaban J connectivity index is 2.90. The van der Waals surface area contributed by atoms with Gasteiger partial charge in [0.1, 0.15) is 0 Å². The fourth-order valence-electron chi connectivity index (χ4n) is 0.919. The van der Waals surface area contributed by atoms with Crippen molar-refractivity contribution < 1.29 is 0 Å². The van der Waals surface area contributed by atoms with Crippen LogP contribution in [-0.4, -0.2) is 6.04 Å². The first-order chi connectivity index (χ1) is 5.59. The van der Waals surface area contributed by atoms with Gasteiger partial charge >= 0.3 is 0 Å². The van der Waals surface area contributed by atoms with Gasteiger partial charge in [-0.3, -0.25) is 0 Å². The topological polar surface area (TPSA) is 12.0 Å². The summed E-state index contributed by atoms with van der Waals surface area (Å²) in [6.45, 7) is 4.18. The quantitative estimate of drug-likeness (QED) is 0.836. The Bertz CT molecular complexity index is 273. The molecule has 0 aliphatic carbocycles. The number of halogens is 2. The van der Waals surface area contributed by atoms with Crippen molar-refractivity contribution >= 4 is 33.2 Å². The second-order valence-electron chi connectivity index (χ2n) is 2.92. The van der Waals surface area contributed by atoms with Crippen molar-refractivity contribution in [3.8, 4) is 0 Å². The predicted molar refractivity (Wildman–Crippen MR) is 57.9 cm³/mol. The maximum atomic E-state index is 5.84. The van der Waals surface area contributed by atoms with Crippen molar-refractivity contribution in [1.29, 1.82) is 0 Å². The molecule has 1 aromatic carbocycles. The van der Waals surface area contributed by atoms with Gasteiger partial charge in [-0.15, -0.1) is 0 Å². The summed E-state index contributed by atoms with van der Waals surface area (Å²) in [4.78, 5) is 0. The minimum absolute atomic E-state index is 0.416. The molecule has 1 aromatic rings. The van der Waals surface area contributed by atoms with Crippen LogP contribution in [0.4, 0.5) is 5.69 Å². The summed E-state index contributed by atoms with van der Waals surface area (Å²) in [6, 6.07) is 6.12. The molecule has 0 fully saturated rings. The Morgan fingerprint density at radius 3 is 2.67 bits per heavy atom. The highest BCUT2D eigenvalue weighted by molar-refractivity contribution is 9.10. The number of anilines is 1. The van der Waals surface area contributed by atoms with E-state index in [1.165, 1.54) is 0 Å². The standard InChI is InChI=1S/C9H11BrClN/c1-6(2)12-9-5-7(11)3-4-8(9)10/h3-6,12H,1-2H3. The number of hydrogen-bond acceptors (Lipinski definition) is 1. The summed E-state index contributed by atoms with van der Waals surface area (Å²) in [6.07, 6.45) is 0. The largest absolute Gasteiger partial charge is 0.382 e. The molecule has 1 N–H and O–H groups in total. The Morgan fingerprint density at radius 1 is 1.42 bits per heavy atom. The van der Waals surface area contributed by atoms with Crippen molar-refractivity contribution in [3.63, 3.8) is 0 Å². The summed E-state index contributed by atoms with van der Waals surface area (Å²) >= 11 is 9.28. The van der Waals surface area contributed by atoms with Crippen molar-refractivity contribution in [2.45, 2.75) is 19.9 Å². The monoisotopic (exact) mass is 247 g/mol. The highest BCUT2D eigenvalue weighted by Crippen LogP contribution is 2.26. The van der Waals surface area contributed by atoms with Crippen LogP contribution in [-0.2, 0) is 0 Å². The zero-order valence-electron chi connectivity index (χ0n) is 7.07. The Kier molecular flexibility index (Phi) is 3.41. The molecule has 1 nitrogen and oxygen atoms in total. The van der Waals surface area contributed by atoms with Gasteiger partial charge in [0.2, 0.25) is 0 Å².